The van der Waals surface area contributed by atoms with E-state index in [9.17, 15) is 13.2 Å². The van der Waals surface area contributed by atoms with Crippen LogP contribution in [0.2, 0.25) is 0 Å². The minimum absolute atomic E-state index is 0.0518. The molecule has 0 aliphatic carbocycles. The zero-order chi connectivity index (χ0) is 20.6. The van der Waals surface area contributed by atoms with Gasteiger partial charge in [0.15, 0.2) is 5.96 Å². The lowest BCUT2D eigenvalue weighted by atomic mass is 10.0. The molecule has 28 heavy (non-hydrogen) atoms. The second-order valence-corrected chi connectivity index (χ2v) is 7.00. The molecule has 2 heterocycles. The molecule has 2 rings (SSSR count). The summed E-state index contributed by atoms with van der Waals surface area (Å²) in [6.07, 6.45) is -1.28. The first kappa shape index (κ1) is 22.2. The molecule has 0 unspecified atom stereocenters. The molecular formula is C18H30F3N7. The summed E-state index contributed by atoms with van der Waals surface area (Å²) in [6, 6.07) is 1.78. The normalized spacial score (nSPS) is 17.0. The Hall–Kier alpha value is -2.10. The molecule has 1 aliphatic rings. The molecule has 0 amide bonds. The topological polar surface area (TPSA) is 77.5 Å². The van der Waals surface area contributed by atoms with E-state index in [1.54, 1.807) is 0 Å². The van der Waals surface area contributed by atoms with Crippen molar-refractivity contribution >= 4 is 11.9 Å². The second kappa shape index (κ2) is 10.4. The van der Waals surface area contributed by atoms with Gasteiger partial charge < -0.3 is 20.9 Å². The number of halogens is 3. The van der Waals surface area contributed by atoms with Crippen LogP contribution in [-0.4, -0.2) is 65.6 Å². The number of guanidine groups is 1. The molecule has 0 bridgehead atoms. The van der Waals surface area contributed by atoms with Crippen molar-refractivity contribution in [3.63, 3.8) is 0 Å². The lowest BCUT2D eigenvalue weighted by molar-refractivity contribution is -0.141. The molecule has 1 fully saturated rings. The SMILES string of the molecule is CCNC(=NCCNc1nccc(C(F)(F)F)n1)NC1CCN(C(C)C)CC1. The quantitative estimate of drug-likeness (QED) is 0.370. The van der Waals surface area contributed by atoms with Crippen LogP contribution in [0, 0.1) is 0 Å². The molecule has 10 heteroatoms. The van der Waals surface area contributed by atoms with Gasteiger partial charge in [0.2, 0.25) is 5.95 Å². The Bertz CT molecular complexity index is 626. The molecule has 1 aromatic rings. The Labute approximate surface area is 164 Å². The van der Waals surface area contributed by atoms with Crippen molar-refractivity contribution in [3.05, 3.63) is 18.0 Å². The van der Waals surface area contributed by atoms with Gasteiger partial charge in [-0.05, 0) is 39.7 Å². The van der Waals surface area contributed by atoms with Crippen molar-refractivity contribution in [1.82, 2.24) is 25.5 Å². The number of nitrogens with zero attached hydrogens (tertiary/aromatic N) is 4. The van der Waals surface area contributed by atoms with Gasteiger partial charge in [0, 0.05) is 44.5 Å². The maximum Gasteiger partial charge on any atom is 0.433 e. The fourth-order valence-corrected chi connectivity index (χ4v) is 3.01. The first-order chi connectivity index (χ1) is 13.3. The van der Waals surface area contributed by atoms with Crippen molar-refractivity contribution < 1.29 is 13.2 Å². The van der Waals surface area contributed by atoms with E-state index in [0.29, 0.717) is 25.2 Å². The van der Waals surface area contributed by atoms with Gasteiger partial charge in [-0.2, -0.15) is 13.2 Å². The predicted octanol–water partition coefficient (Wildman–Crippen LogP) is 2.34. The first-order valence-corrected chi connectivity index (χ1v) is 9.72. The standard InChI is InChI=1S/C18H30F3N7/c1-4-22-16(26-14-6-11-28(12-7-14)13(2)3)24-9-10-25-17-23-8-5-15(27-17)18(19,20)21/h5,8,13-14H,4,6-7,9-12H2,1-3H3,(H2,22,24,26)(H,23,25,27). The summed E-state index contributed by atoms with van der Waals surface area (Å²) in [5, 5.41) is 9.44. The second-order valence-electron chi connectivity index (χ2n) is 7.00. The van der Waals surface area contributed by atoms with Gasteiger partial charge in [-0.3, -0.25) is 4.99 Å². The Morgan fingerprint density at radius 1 is 1.32 bits per heavy atom. The van der Waals surface area contributed by atoms with Crippen LogP contribution in [0.3, 0.4) is 0 Å². The number of hydrogen-bond acceptors (Lipinski definition) is 5. The number of nitrogens with one attached hydrogen (secondary N) is 3. The lowest BCUT2D eigenvalue weighted by Crippen LogP contribution is -2.50. The highest BCUT2D eigenvalue weighted by Gasteiger charge is 2.32. The average Bonchev–Trinajstić information content (AvgIpc) is 2.65. The van der Waals surface area contributed by atoms with Crippen molar-refractivity contribution in [2.75, 3.05) is 38.0 Å². The molecule has 0 radical (unpaired) electrons. The fraction of sp³-hybridized carbons (Fsp3) is 0.722. The smallest absolute Gasteiger partial charge is 0.357 e. The highest BCUT2D eigenvalue weighted by Crippen LogP contribution is 2.27. The van der Waals surface area contributed by atoms with Gasteiger partial charge in [-0.25, -0.2) is 9.97 Å². The third-order valence-corrected chi connectivity index (χ3v) is 4.56. The Morgan fingerprint density at radius 2 is 2.04 bits per heavy atom. The van der Waals surface area contributed by atoms with E-state index in [2.05, 4.69) is 49.7 Å². The molecule has 7 nitrogen and oxygen atoms in total. The van der Waals surface area contributed by atoms with Crippen LogP contribution in [0.1, 0.15) is 39.3 Å². The summed E-state index contributed by atoms with van der Waals surface area (Å²) in [7, 11) is 0. The molecule has 158 valence electrons. The van der Waals surface area contributed by atoms with E-state index in [4.69, 9.17) is 0 Å². The molecule has 3 N–H and O–H groups in total. The number of rotatable bonds is 7. The summed E-state index contributed by atoms with van der Waals surface area (Å²) in [5.41, 5.74) is -0.962. The Balaban J connectivity index is 1.81. The van der Waals surface area contributed by atoms with E-state index < -0.39 is 11.9 Å². The van der Waals surface area contributed by atoms with Crippen LogP contribution in [0.4, 0.5) is 19.1 Å². The number of alkyl halides is 3. The molecular weight excluding hydrogens is 371 g/mol. The summed E-state index contributed by atoms with van der Waals surface area (Å²) in [4.78, 5) is 14.2. The number of aliphatic imine (C=N–C) groups is 1. The van der Waals surface area contributed by atoms with Crippen LogP contribution >= 0.6 is 0 Å². The molecule has 1 saturated heterocycles. The third kappa shape index (κ3) is 7.14. The lowest BCUT2D eigenvalue weighted by Gasteiger charge is -2.35. The largest absolute Gasteiger partial charge is 0.433 e. The van der Waals surface area contributed by atoms with E-state index in [1.807, 2.05) is 6.92 Å². The summed E-state index contributed by atoms with van der Waals surface area (Å²) in [6.45, 7) is 9.99. The maximum atomic E-state index is 12.7. The Morgan fingerprint density at radius 3 is 2.64 bits per heavy atom. The molecule has 0 saturated carbocycles. The molecule has 1 aliphatic heterocycles. The van der Waals surface area contributed by atoms with Gasteiger partial charge in [0.25, 0.3) is 0 Å². The Kier molecular flexibility index (Phi) is 8.28. The van der Waals surface area contributed by atoms with Crippen LogP contribution in [0.25, 0.3) is 0 Å². The van der Waals surface area contributed by atoms with Gasteiger partial charge in [-0.1, -0.05) is 0 Å². The van der Waals surface area contributed by atoms with Crippen molar-refractivity contribution in [3.8, 4) is 0 Å². The first-order valence-electron chi connectivity index (χ1n) is 9.72. The van der Waals surface area contributed by atoms with Crippen LogP contribution < -0.4 is 16.0 Å². The highest BCUT2D eigenvalue weighted by molar-refractivity contribution is 5.80. The summed E-state index contributed by atoms with van der Waals surface area (Å²) < 4.78 is 38.0. The van der Waals surface area contributed by atoms with Gasteiger partial charge in [-0.15, -0.1) is 0 Å². The van der Waals surface area contributed by atoms with Crippen LogP contribution in [0.15, 0.2) is 17.3 Å². The van der Waals surface area contributed by atoms with E-state index in [1.165, 1.54) is 0 Å². The number of piperidine rings is 1. The fourth-order valence-electron chi connectivity index (χ4n) is 3.01. The average molecular weight is 401 g/mol. The minimum Gasteiger partial charge on any atom is -0.357 e. The highest BCUT2D eigenvalue weighted by atomic mass is 19.4. The van der Waals surface area contributed by atoms with Crippen LogP contribution in [-0.2, 0) is 6.18 Å². The monoisotopic (exact) mass is 401 g/mol. The van der Waals surface area contributed by atoms with Crippen molar-refractivity contribution in [2.45, 2.75) is 51.9 Å². The molecule has 1 aromatic heterocycles. The zero-order valence-electron chi connectivity index (χ0n) is 16.7. The van der Waals surface area contributed by atoms with E-state index in [0.717, 1.165) is 50.7 Å². The summed E-state index contributed by atoms with van der Waals surface area (Å²) in [5.74, 6) is 0.668. The number of hydrogen-bond donors (Lipinski definition) is 3. The molecule has 0 spiro atoms. The van der Waals surface area contributed by atoms with E-state index >= 15 is 0 Å². The third-order valence-electron chi connectivity index (χ3n) is 4.56. The minimum atomic E-state index is -4.48. The van der Waals surface area contributed by atoms with Gasteiger partial charge in [0.05, 0.1) is 6.54 Å². The van der Waals surface area contributed by atoms with Crippen molar-refractivity contribution in [1.29, 1.82) is 0 Å². The number of anilines is 1. The number of likely N-dealkylation sites (tertiary alicyclic amines) is 1. The molecule has 0 atom stereocenters. The maximum absolute atomic E-state index is 12.7. The van der Waals surface area contributed by atoms with E-state index in [-0.39, 0.29) is 5.95 Å². The van der Waals surface area contributed by atoms with Crippen molar-refractivity contribution in [2.24, 2.45) is 4.99 Å². The molecule has 0 aromatic carbocycles. The van der Waals surface area contributed by atoms with Gasteiger partial charge >= 0.3 is 6.18 Å². The zero-order valence-corrected chi connectivity index (χ0v) is 16.7. The predicted molar refractivity (Wildman–Crippen MR) is 104 cm³/mol. The van der Waals surface area contributed by atoms with Crippen LogP contribution in [0.5, 0.6) is 0 Å². The summed E-state index contributed by atoms with van der Waals surface area (Å²) >= 11 is 0. The van der Waals surface area contributed by atoms with Gasteiger partial charge in [0.1, 0.15) is 5.69 Å². The number of aromatic nitrogens is 2.